The van der Waals surface area contributed by atoms with Gasteiger partial charge in [-0.05, 0) is 31.2 Å². The van der Waals surface area contributed by atoms with E-state index in [4.69, 9.17) is 23.1 Å². The summed E-state index contributed by atoms with van der Waals surface area (Å²) < 4.78 is 0. The highest BCUT2D eigenvalue weighted by Gasteiger charge is 2.34. The van der Waals surface area contributed by atoms with Crippen molar-refractivity contribution in [1.82, 2.24) is 14.9 Å². The van der Waals surface area contributed by atoms with Crippen LogP contribution < -0.4 is 11.5 Å². The molecule has 1 atom stereocenters. The van der Waals surface area contributed by atoms with Gasteiger partial charge in [0.1, 0.15) is 5.82 Å². The van der Waals surface area contributed by atoms with E-state index in [1.165, 1.54) is 0 Å². The minimum atomic E-state index is -0.198. The van der Waals surface area contributed by atoms with Gasteiger partial charge in [0.05, 0.1) is 18.3 Å². The Bertz CT molecular complexity index is 716. The topological polar surface area (TPSA) is 98.1 Å². The fourth-order valence-electron chi connectivity index (χ4n) is 2.51. The zero-order valence-corrected chi connectivity index (χ0v) is 12.1. The molecule has 1 amide bonds. The predicted octanol–water partition coefficient (Wildman–Crippen LogP) is 2.01. The number of rotatable bonds is 1. The van der Waals surface area contributed by atoms with Crippen molar-refractivity contribution in [3.05, 3.63) is 46.1 Å². The van der Waals surface area contributed by atoms with Crippen LogP contribution in [0, 0.1) is 0 Å². The number of benzene rings is 1. The van der Waals surface area contributed by atoms with Crippen LogP contribution in [0.25, 0.3) is 0 Å². The van der Waals surface area contributed by atoms with E-state index >= 15 is 0 Å². The Morgan fingerprint density at radius 3 is 2.62 bits per heavy atom. The standard InChI is InChI=1S/C14H14ClN5O/c1-7-11-10(12(16)19-14(17)18-11)6-20(7)13(21)8-2-4-9(15)5-3-8/h2-5,7H,6H2,1H3,(H4,16,17,18,19). The van der Waals surface area contributed by atoms with Crippen molar-refractivity contribution in [1.29, 1.82) is 0 Å². The Labute approximate surface area is 126 Å². The quantitative estimate of drug-likeness (QED) is 0.839. The summed E-state index contributed by atoms with van der Waals surface area (Å²) in [6, 6.07) is 6.58. The van der Waals surface area contributed by atoms with E-state index in [0.717, 1.165) is 5.56 Å². The van der Waals surface area contributed by atoms with Crippen LogP contribution in [-0.2, 0) is 6.54 Å². The van der Waals surface area contributed by atoms with Crippen LogP contribution in [0.1, 0.15) is 34.6 Å². The summed E-state index contributed by atoms with van der Waals surface area (Å²) in [4.78, 5) is 22.4. The zero-order valence-electron chi connectivity index (χ0n) is 11.4. The minimum Gasteiger partial charge on any atom is -0.383 e. The molecule has 0 fully saturated rings. The number of carbonyl (C=O) groups excluding carboxylic acids is 1. The van der Waals surface area contributed by atoms with Gasteiger partial charge in [0, 0.05) is 16.1 Å². The number of carbonyl (C=O) groups is 1. The summed E-state index contributed by atoms with van der Waals surface area (Å²) in [6.07, 6.45) is 0. The number of aromatic nitrogens is 2. The second-order valence-corrected chi connectivity index (χ2v) is 5.38. The van der Waals surface area contributed by atoms with Crippen LogP contribution in [0.2, 0.25) is 5.02 Å². The summed E-state index contributed by atoms with van der Waals surface area (Å²) in [5.74, 6) is 0.352. The normalized spacial score (nSPS) is 16.9. The highest BCUT2D eigenvalue weighted by molar-refractivity contribution is 6.30. The summed E-state index contributed by atoms with van der Waals surface area (Å²) in [5, 5.41) is 0.590. The van der Waals surface area contributed by atoms with Crippen LogP contribution in [0.5, 0.6) is 0 Å². The molecule has 0 saturated carbocycles. The number of fused-ring (bicyclic) bond motifs is 1. The van der Waals surface area contributed by atoms with E-state index in [-0.39, 0.29) is 17.9 Å². The lowest BCUT2D eigenvalue weighted by molar-refractivity contribution is 0.0703. The first kappa shape index (κ1) is 13.6. The first-order valence-corrected chi connectivity index (χ1v) is 6.83. The lowest BCUT2D eigenvalue weighted by Crippen LogP contribution is -2.28. The van der Waals surface area contributed by atoms with Crippen LogP contribution in [0.3, 0.4) is 0 Å². The van der Waals surface area contributed by atoms with Gasteiger partial charge in [0.25, 0.3) is 5.91 Å². The average molecular weight is 304 g/mol. The number of anilines is 2. The van der Waals surface area contributed by atoms with E-state index in [1.54, 1.807) is 29.2 Å². The van der Waals surface area contributed by atoms with Crippen molar-refractivity contribution in [2.75, 3.05) is 11.5 Å². The molecule has 0 bridgehead atoms. The van der Waals surface area contributed by atoms with Crippen LogP contribution in [0.15, 0.2) is 24.3 Å². The van der Waals surface area contributed by atoms with Gasteiger partial charge in [-0.1, -0.05) is 11.6 Å². The molecular weight excluding hydrogens is 290 g/mol. The first-order valence-electron chi connectivity index (χ1n) is 6.45. The van der Waals surface area contributed by atoms with Crippen molar-refractivity contribution < 1.29 is 4.79 Å². The molecule has 2 heterocycles. The van der Waals surface area contributed by atoms with Gasteiger partial charge in [0.15, 0.2) is 0 Å². The number of nitrogens with two attached hydrogens (primary N) is 2. The first-order chi connectivity index (χ1) is 9.97. The molecule has 6 nitrogen and oxygen atoms in total. The molecule has 1 aliphatic heterocycles. The minimum absolute atomic E-state index is 0.102. The monoisotopic (exact) mass is 303 g/mol. The summed E-state index contributed by atoms with van der Waals surface area (Å²) in [7, 11) is 0. The van der Waals surface area contributed by atoms with Crippen LogP contribution in [-0.4, -0.2) is 20.8 Å². The van der Waals surface area contributed by atoms with E-state index in [9.17, 15) is 4.79 Å². The van der Waals surface area contributed by atoms with Crippen molar-refractivity contribution in [3.8, 4) is 0 Å². The van der Waals surface area contributed by atoms with Gasteiger partial charge in [-0.2, -0.15) is 4.98 Å². The van der Waals surface area contributed by atoms with Gasteiger partial charge >= 0.3 is 0 Å². The largest absolute Gasteiger partial charge is 0.383 e. The summed E-state index contributed by atoms with van der Waals surface area (Å²) in [5.41, 5.74) is 13.5. The van der Waals surface area contributed by atoms with E-state index < -0.39 is 0 Å². The molecule has 21 heavy (non-hydrogen) atoms. The van der Waals surface area contributed by atoms with Gasteiger partial charge in [0.2, 0.25) is 5.95 Å². The molecule has 108 valence electrons. The molecule has 0 saturated heterocycles. The van der Waals surface area contributed by atoms with Crippen molar-refractivity contribution in [2.45, 2.75) is 19.5 Å². The van der Waals surface area contributed by atoms with Gasteiger partial charge < -0.3 is 16.4 Å². The van der Waals surface area contributed by atoms with Gasteiger partial charge in [-0.3, -0.25) is 4.79 Å². The van der Waals surface area contributed by atoms with Gasteiger partial charge in [-0.25, -0.2) is 4.98 Å². The fraction of sp³-hybridized carbons (Fsp3) is 0.214. The molecule has 4 N–H and O–H groups in total. The molecular formula is C14H14ClN5O. The summed E-state index contributed by atoms with van der Waals surface area (Å²) >= 11 is 5.84. The molecule has 1 aromatic heterocycles. The van der Waals surface area contributed by atoms with Crippen LogP contribution in [0.4, 0.5) is 11.8 Å². The van der Waals surface area contributed by atoms with Crippen molar-refractivity contribution >= 4 is 29.3 Å². The van der Waals surface area contributed by atoms with Crippen LogP contribution >= 0.6 is 11.6 Å². The Morgan fingerprint density at radius 2 is 1.95 bits per heavy atom. The Kier molecular flexibility index (Phi) is 3.17. The molecule has 0 radical (unpaired) electrons. The molecule has 0 spiro atoms. The highest BCUT2D eigenvalue weighted by atomic mass is 35.5. The Hall–Kier alpha value is -2.34. The second kappa shape index (κ2) is 4.89. The number of hydrogen-bond donors (Lipinski definition) is 2. The molecule has 3 rings (SSSR count). The van der Waals surface area contributed by atoms with Crippen molar-refractivity contribution in [2.24, 2.45) is 0 Å². The number of amides is 1. The van der Waals surface area contributed by atoms with E-state index in [2.05, 4.69) is 9.97 Å². The lowest BCUT2D eigenvalue weighted by Gasteiger charge is -2.21. The molecule has 1 unspecified atom stereocenters. The maximum Gasteiger partial charge on any atom is 0.254 e. The Morgan fingerprint density at radius 1 is 1.29 bits per heavy atom. The third-order valence-corrected chi connectivity index (χ3v) is 3.88. The number of hydrogen-bond acceptors (Lipinski definition) is 5. The number of halogens is 1. The third-order valence-electron chi connectivity index (χ3n) is 3.63. The van der Waals surface area contributed by atoms with Crippen molar-refractivity contribution in [3.63, 3.8) is 0 Å². The molecule has 7 heteroatoms. The highest BCUT2D eigenvalue weighted by Crippen LogP contribution is 2.35. The molecule has 1 aromatic carbocycles. The van der Waals surface area contributed by atoms with Gasteiger partial charge in [-0.15, -0.1) is 0 Å². The lowest BCUT2D eigenvalue weighted by atomic mass is 10.1. The molecule has 1 aliphatic rings. The third kappa shape index (κ3) is 2.27. The number of nitrogens with zero attached hydrogens (tertiary/aromatic N) is 3. The average Bonchev–Trinajstić information content (AvgIpc) is 2.77. The maximum absolute atomic E-state index is 12.6. The SMILES string of the molecule is CC1c2nc(N)nc(N)c2CN1C(=O)c1ccc(Cl)cc1. The predicted molar refractivity (Wildman–Crippen MR) is 80.6 cm³/mol. The van der Waals surface area contributed by atoms with E-state index in [1.807, 2.05) is 6.92 Å². The maximum atomic E-state index is 12.6. The Balaban J connectivity index is 1.94. The summed E-state index contributed by atoms with van der Waals surface area (Å²) in [6.45, 7) is 2.27. The number of nitrogen functional groups attached to an aromatic ring is 2. The van der Waals surface area contributed by atoms with E-state index in [0.29, 0.717) is 28.6 Å². The molecule has 0 aliphatic carbocycles. The second-order valence-electron chi connectivity index (χ2n) is 4.95. The fourth-order valence-corrected chi connectivity index (χ4v) is 2.63. The zero-order chi connectivity index (χ0) is 15.1. The smallest absolute Gasteiger partial charge is 0.254 e. The molecule has 2 aromatic rings.